The van der Waals surface area contributed by atoms with Crippen LogP contribution in [0.3, 0.4) is 0 Å². The average molecular weight is 161 g/mol. The third-order valence-electron chi connectivity index (χ3n) is 0. The van der Waals surface area contributed by atoms with Crippen molar-refractivity contribution in [3.8, 4) is 0 Å². The van der Waals surface area contributed by atoms with Crippen molar-refractivity contribution in [2.45, 2.75) is 13.3 Å². The van der Waals surface area contributed by atoms with Gasteiger partial charge in [0.25, 0.3) is 0 Å². The predicted molar refractivity (Wildman–Crippen MR) is 21.5 cm³/mol. The molecule has 0 amide bonds. The van der Waals surface area contributed by atoms with E-state index in [9.17, 15) is 0 Å². The molecule has 0 saturated heterocycles. The molecule has 0 aromatic heterocycles. The Morgan fingerprint density at radius 2 is 1.50 bits per heavy atom. The Hall–Kier alpha value is 0.0525. The van der Waals surface area contributed by atoms with Gasteiger partial charge in [0.2, 0.25) is 0 Å². The van der Waals surface area contributed by atoms with Gasteiger partial charge in [-0.1, -0.05) is 6.92 Å². The summed E-state index contributed by atoms with van der Waals surface area (Å²) in [5.74, 6) is 0. The Labute approximate surface area is 50.5 Å². The summed E-state index contributed by atoms with van der Waals surface area (Å²) in [7, 11) is 0. The number of hydrogen-bond donors (Lipinski definition) is 2. The first-order valence-electron chi connectivity index (χ1n) is 1.91. The molecule has 5 heteroatoms. The van der Waals surface area contributed by atoms with E-state index < -0.39 is 13.6 Å². The van der Waals surface area contributed by atoms with Gasteiger partial charge < -0.3 is 6.92 Å². The van der Waals surface area contributed by atoms with Gasteiger partial charge in [-0.15, -0.1) is 0 Å². The van der Waals surface area contributed by atoms with E-state index in [2.05, 4.69) is 6.92 Å². The van der Waals surface area contributed by atoms with Gasteiger partial charge in [0, 0.05) is 0 Å². The van der Waals surface area contributed by atoms with Gasteiger partial charge in [-0.3, -0.25) is 0 Å². The van der Waals surface area contributed by atoms with Crippen molar-refractivity contribution in [1.82, 2.24) is 0 Å². The maximum absolute atomic E-state index is 8.82. The summed E-state index contributed by atoms with van der Waals surface area (Å²) < 4.78 is 31.9. The first-order valence-corrected chi connectivity index (χ1v) is 4.09. The zero-order valence-corrected chi connectivity index (χ0v) is 5.81. The minimum absolute atomic E-state index is 1.00. The van der Waals surface area contributed by atoms with Crippen molar-refractivity contribution >= 4 is 0 Å². The molecular formula is C3H9CrO4-. The Kier molecular flexibility index (Phi) is 7.10. The van der Waals surface area contributed by atoms with Crippen LogP contribution in [-0.2, 0) is 21.2 Å². The van der Waals surface area contributed by atoms with Crippen LogP contribution in [-0.4, -0.2) is 8.32 Å². The minimum atomic E-state index is -5.25. The Morgan fingerprint density at radius 3 is 1.50 bits per heavy atom. The molecule has 0 aliphatic rings. The molecular weight excluding hydrogens is 152 g/mol. The van der Waals surface area contributed by atoms with E-state index in [4.69, 9.17) is 15.9 Å². The van der Waals surface area contributed by atoms with E-state index in [0.717, 1.165) is 6.42 Å². The number of rotatable bonds is 0. The van der Waals surface area contributed by atoms with E-state index in [-0.39, 0.29) is 0 Å². The van der Waals surface area contributed by atoms with Crippen LogP contribution < -0.4 is 0 Å². The van der Waals surface area contributed by atoms with E-state index >= 15 is 0 Å². The maximum atomic E-state index is 8.82. The van der Waals surface area contributed by atoms with Gasteiger partial charge in [-0.2, -0.15) is 6.42 Å². The second-order valence-electron chi connectivity index (χ2n) is 0.948. The van der Waals surface area contributed by atoms with Crippen molar-refractivity contribution in [3.63, 3.8) is 0 Å². The second-order valence-corrected chi connectivity index (χ2v) is 2.35. The summed E-state index contributed by atoms with van der Waals surface area (Å²) in [4.78, 5) is 0. The van der Waals surface area contributed by atoms with Crippen molar-refractivity contribution in [3.05, 3.63) is 6.92 Å². The molecule has 0 heterocycles. The predicted octanol–water partition coefficient (Wildman–Crippen LogP) is -0.124. The van der Waals surface area contributed by atoms with Crippen LogP contribution in [0, 0.1) is 6.92 Å². The molecule has 0 bridgehead atoms. The zero-order valence-electron chi connectivity index (χ0n) is 4.53. The Balaban J connectivity index is 0. The van der Waals surface area contributed by atoms with Gasteiger partial charge in [-0.05, 0) is 0 Å². The first kappa shape index (κ1) is 10.9. The molecule has 8 heavy (non-hydrogen) atoms. The molecule has 0 spiro atoms. The van der Waals surface area contributed by atoms with Crippen LogP contribution in [0.4, 0.5) is 0 Å². The fraction of sp³-hybridized carbons (Fsp3) is 0.667. The van der Waals surface area contributed by atoms with E-state index in [1.54, 1.807) is 0 Å². The monoisotopic (exact) mass is 161 g/mol. The summed E-state index contributed by atoms with van der Waals surface area (Å²) in [6.45, 7) is 5.50. The van der Waals surface area contributed by atoms with Crippen LogP contribution >= 0.6 is 0 Å². The fourth-order valence-electron chi connectivity index (χ4n) is 0. The van der Waals surface area contributed by atoms with Crippen molar-refractivity contribution in [1.29, 1.82) is 0 Å². The van der Waals surface area contributed by atoms with Crippen LogP contribution in [0.1, 0.15) is 13.3 Å². The molecule has 0 aromatic carbocycles. The second kappa shape index (κ2) is 5.19. The van der Waals surface area contributed by atoms with Gasteiger partial charge in [-0.25, -0.2) is 0 Å². The number of hydrogen-bond acceptors (Lipinski definition) is 2. The fourth-order valence-corrected chi connectivity index (χ4v) is 0. The van der Waals surface area contributed by atoms with Gasteiger partial charge in [0.1, 0.15) is 0 Å². The summed E-state index contributed by atoms with van der Waals surface area (Å²) in [6.07, 6.45) is 1.00. The topological polar surface area (TPSA) is 74.6 Å². The van der Waals surface area contributed by atoms with Crippen molar-refractivity contribution in [2.24, 2.45) is 0 Å². The van der Waals surface area contributed by atoms with Crippen molar-refractivity contribution in [2.75, 3.05) is 0 Å². The summed E-state index contributed by atoms with van der Waals surface area (Å²) in [6, 6.07) is 0. The third kappa shape index (κ3) is 56100. The normalized spacial score (nSPS) is 9.50. The Morgan fingerprint density at radius 1 is 1.50 bits per heavy atom. The molecule has 0 aromatic rings. The Bertz CT molecular complexity index is 105. The SMILES string of the molecule is [CH2-]CC.[O]=[Cr](=[O])([OH])[OH]. The van der Waals surface area contributed by atoms with Crippen LogP contribution in [0.25, 0.3) is 0 Å². The molecule has 52 valence electrons. The van der Waals surface area contributed by atoms with Crippen LogP contribution in [0.15, 0.2) is 0 Å². The first-order chi connectivity index (χ1) is 3.41. The van der Waals surface area contributed by atoms with Gasteiger partial charge in [0.15, 0.2) is 0 Å². The van der Waals surface area contributed by atoms with E-state index in [1.165, 1.54) is 0 Å². The third-order valence-corrected chi connectivity index (χ3v) is 0. The molecule has 0 rings (SSSR count). The molecule has 0 aliphatic heterocycles. The van der Waals surface area contributed by atoms with Crippen LogP contribution in [0.5, 0.6) is 0 Å². The molecule has 0 atom stereocenters. The van der Waals surface area contributed by atoms with Gasteiger partial charge in [0.05, 0.1) is 0 Å². The molecule has 0 fully saturated rings. The summed E-state index contributed by atoms with van der Waals surface area (Å²) in [5, 5.41) is 0. The average Bonchev–Trinajstić information content (AvgIpc) is 1.27. The van der Waals surface area contributed by atoms with Gasteiger partial charge >= 0.3 is 29.5 Å². The zero-order chi connectivity index (χ0) is 7.21. The summed E-state index contributed by atoms with van der Waals surface area (Å²) >= 11 is -5.25. The standard InChI is InChI=1S/C3H7.Cr.2H2O.2O/c1-3-2;;;;;/h1,3H2,2H3;;2*1H2;;/q-1;+2;;;;/p-2. The van der Waals surface area contributed by atoms with E-state index in [1.807, 2.05) is 6.92 Å². The quantitative estimate of drug-likeness (QED) is 0.485. The molecule has 0 unspecified atom stereocenters. The molecule has 4 nitrogen and oxygen atoms in total. The molecule has 0 aliphatic carbocycles. The summed E-state index contributed by atoms with van der Waals surface area (Å²) in [5.41, 5.74) is 0. The molecule has 0 radical (unpaired) electrons. The molecule has 2 N–H and O–H groups in total. The molecule has 0 saturated carbocycles. The van der Waals surface area contributed by atoms with Crippen molar-refractivity contribution < 1.29 is 29.5 Å². The van der Waals surface area contributed by atoms with Crippen LogP contribution in [0.2, 0.25) is 0 Å². The van der Waals surface area contributed by atoms with E-state index in [0.29, 0.717) is 0 Å².